The molecule has 0 amide bonds. The van der Waals surface area contributed by atoms with Crippen LogP contribution in [0, 0.1) is 17.8 Å². The number of Topliss-reactive ketones (excluding diaryl/α,β-unsaturated/α-hetero) is 2. The summed E-state index contributed by atoms with van der Waals surface area (Å²) in [5.41, 5.74) is 2.43. The fourth-order valence-electron chi connectivity index (χ4n) is 3.40. The summed E-state index contributed by atoms with van der Waals surface area (Å²) in [6.07, 6.45) is 2.92. The van der Waals surface area contributed by atoms with Gasteiger partial charge >= 0.3 is 0 Å². The highest BCUT2D eigenvalue weighted by Crippen LogP contribution is 2.33. The number of hydrogen-bond acceptors (Lipinski definition) is 4. The van der Waals surface area contributed by atoms with Crippen molar-refractivity contribution in [1.29, 1.82) is 0 Å². The van der Waals surface area contributed by atoms with Crippen LogP contribution in [0.4, 0.5) is 0 Å². The van der Waals surface area contributed by atoms with E-state index in [1.807, 2.05) is 19.3 Å². The highest BCUT2D eigenvalue weighted by atomic mass is 32.2. The van der Waals surface area contributed by atoms with Gasteiger partial charge in [-0.25, -0.2) is 0 Å². The van der Waals surface area contributed by atoms with Gasteiger partial charge in [-0.2, -0.15) is 0 Å². The van der Waals surface area contributed by atoms with Gasteiger partial charge in [0.05, 0.1) is 7.11 Å². The zero-order valence-corrected chi connectivity index (χ0v) is 19.4. The molecule has 3 nitrogen and oxygen atoms in total. The Bertz CT molecular complexity index is 789. The average Bonchev–Trinajstić information content (AvgIpc) is 2.67. The van der Waals surface area contributed by atoms with Crippen LogP contribution in [-0.4, -0.2) is 18.7 Å². The number of thioether (sulfide) groups is 1. The Morgan fingerprint density at radius 1 is 1.17 bits per heavy atom. The second kappa shape index (κ2) is 11.8. The van der Waals surface area contributed by atoms with Gasteiger partial charge in [-0.05, 0) is 68.0 Å². The molecular formula is C25H34O3S. The van der Waals surface area contributed by atoms with E-state index in [1.165, 1.54) is 0 Å². The largest absolute Gasteiger partial charge is 0.496 e. The lowest BCUT2D eigenvalue weighted by molar-refractivity contribution is -0.122. The van der Waals surface area contributed by atoms with E-state index in [-0.39, 0.29) is 17.5 Å². The van der Waals surface area contributed by atoms with Gasteiger partial charge in [0.25, 0.3) is 0 Å². The molecule has 0 saturated heterocycles. The highest BCUT2D eigenvalue weighted by molar-refractivity contribution is 8.05. The van der Waals surface area contributed by atoms with Crippen LogP contribution < -0.4 is 4.74 Å². The molecule has 0 saturated carbocycles. The first-order chi connectivity index (χ1) is 13.6. The second-order valence-electron chi connectivity index (χ2n) is 7.97. The van der Waals surface area contributed by atoms with Gasteiger partial charge in [0.2, 0.25) is 0 Å². The summed E-state index contributed by atoms with van der Waals surface area (Å²) in [5.74, 6) is 0.345. The van der Waals surface area contributed by atoms with E-state index in [0.717, 1.165) is 16.0 Å². The summed E-state index contributed by atoms with van der Waals surface area (Å²) in [5, 5.41) is 2.03. The van der Waals surface area contributed by atoms with E-state index in [2.05, 4.69) is 27.0 Å². The third kappa shape index (κ3) is 7.69. The van der Waals surface area contributed by atoms with Crippen molar-refractivity contribution in [2.75, 3.05) is 7.11 Å². The molecule has 0 N–H and O–H groups in total. The van der Waals surface area contributed by atoms with Gasteiger partial charge in [-0.15, -0.1) is 11.8 Å². The van der Waals surface area contributed by atoms with Crippen LogP contribution in [0.15, 0.2) is 47.2 Å². The van der Waals surface area contributed by atoms with Crippen molar-refractivity contribution in [3.8, 4) is 5.75 Å². The maximum Gasteiger partial charge on any atom is 0.167 e. The lowest BCUT2D eigenvalue weighted by Gasteiger charge is -2.26. The molecule has 0 aliphatic heterocycles. The van der Waals surface area contributed by atoms with E-state index in [0.29, 0.717) is 30.1 Å². The topological polar surface area (TPSA) is 43.4 Å². The molecule has 0 bridgehead atoms. The Morgan fingerprint density at radius 3 is 2.31 bits per heavy atom. The number of methoxy groups -OCH3 is 1. The third-order valence-electron chi connectivity index (χ3n) is 4.81. The van der Waals surface area contributed by atoms with Crippen LogP contribution in [0.3, 0.4) is 0 Å². The monoisotopic (exact) mass is 414 g/mol. The van der Waals surface area contributed by atoms with E-state index < -0.39 is 5.92 Å². The fraction of sp³-hybridized carbons (Fsp3) is 0.440. The van der Waals surface area contributed by atoms with Crippen LogP contribution >= 0.6 is 11.8 Å². The van der Waals surface area contributed by atoms with E-state index in [1.54, 1.807) is 50.1 Å². The number of carbonyl (C=O) groups is 2. The van der Waals surface area contributed by atoms with Crippen molar-refractivity contribution in [3.05, 3.63) is 58.4 Å². The zero-order valence-electron chi connectivity index (χ0n) is 18.6. The molecule has 2 atom stereocenters. The van der Waals surface area contributed by atoms with Crippen LogP contribution in [0.5, 0.6) is 5.75 Å². The summed E-state index contributed by atoms with van der Waals surface area (Å²) < 4.78 is 5.33. The SMILES string of the molecule is C=Cc1cc(C(=O)C(C/C(C)=C/SC(=C)C)[C@@H](CC(C)C)C(C)=O)ccc1OC. The van der Waals surface area contributed by atoms with E-state index in [9.17, 15) is 9.59 Å². The molecule has 158 valence electrons. The smallest absolute Gasteiger partial charge is 0.167 e. The fourth-order valence-corrected chi connectivity index (χ4v) is 3.90. The Morgan fingerprint density at radius 2 is 1.83 bits per heavy atom. The molecule has 0 fully saturated rings. The quantitative estimate of drug-likeness (QED) is 0.347. The van der Waals surface area contributed by atoms with Crippen molar-refractivity contribution in [3.63, 3.8) is 0 Å². The van der Waals surface area contributed by atoms with E-state index >= 15 is 0 Å². The van der Waals surface area contributed by atoms with Crippen molar-refractivity contribution < 1.29 is 14.3 Å². The maximum absolute atomic E-state index is 13.5. The minimum atomic E-state index is -0.400. The molecule has 1 aromatic carbocycles. The summed E-state index contributed by atoms with van der Waals surface area (Å²) >= 11 is 1.55. The van der Waals surface area contributed by atoms with Gasteiger partial charge in [-0.3, -0.25) is 9.59 Å². The molecular weight excluding hydrogens is 380 g/mol. The van der Waals surface area contributed by atoms with Gasteiger partial charge < -0.3 is 4.74 Å². The van der Waals surface area contributed by atoms with Crippen molar-refractivity contribution >= 4 is 29.4 Å². The first-order valence-corrected chi connectivity index (χ1v) is 10.8. The summed E-state index contributed by atoms with van der Waals surface area (Å²) in [7, 11) is 1.59. The lowest BCUT2D eigenvalue weighted by Crippen LogP contribution is -2.30. The lowest BCUT2D eigenvalue weighted by atomic mass is 9.76. The minimum Gasteiger partial charge on any atom is -0.496 e. The van der Waals surface area contributed by atoms with Crippen LogP contribution in [0.1, 0.15) is 63.4 Å². The number of benzene rings is 1. The van der Waals surface area contributed by atoms with Gasteiger partial charge in [0, 0.05) is 23.0 Å². The number of rotatable bonds is 12. The highest BCUT2D eigenvalue weighted by Gasteiger charge is 2.33. The number of allylic oxidation sites excluding steroid dienone is 2. The molecule has 29 heavy (non-hydrogen) atoms. The first kappa shape index (κ1) is 25.0. The van der Waals surface area contributed by atoms with Crippen molar-refractivity contribution in [1.82, 2.24) is 0 Å². The number of ether oxygens (including phenoxy) is 1. The first-order valence-electron chi connectivity index (χ1n) is 9.93. The summed E-state index contributed by atoms with van der Waals surface area (Å²) in [6, 6.07) is 5.36. The zero-order chi connectivity index (χ0) is 22.1. The van der Waals surface area contributed by atoms with Gasteiger partial charge in [-0.1, -0.05) is 38.7 Å². The Kier molecular flexibility index (Phi) is 10.2. The van der Waals surface area contributed by atoms with Crippen molar-refractivity contribution in [2.24, 2.45) is 17.8 Å². The van der Waals surface area contributed by atoms with Gasteiger partial charge in [0.15, 0.2) is 5.78 Å². The molecule has 1 aromatic rings. The van der Waals surface area contributed by atoms with Crippen LogP contribution in [0.25, 0.3) is 6.08 Å². The third-order valence-corrected chi connectivity index (χ3v) is 5.73. The Hall–Kier alpha value is -2.07. The van der Waals surface area contributed by atoms with Crippen molar-refractivity contribution in [2.45, 2.75) is 47.5 Å². The molecule has 0 spiro atoms. The molecule has 1 rings (SSSR count). The van der Waals surface area contributed by atoms with Crippen LogP contribution in [0.2, 0.25) is 0 Å². The van der Waals surface area contributed by atoms with E-state index in [4.69, 9.17) is 4.74 Å². The maximum atomic E-state index is 13.5. The standard InChI is InChI=1S/C25H34O3S/c1-9-20-14-21(10-11-24(20)28-8)25(27)23(13-18(6)15-29-17(4)5)22(19(7)26)12-16(2)3/h9-11,14-16,22-23H,1,4,12-13H2,2-3,5-8H3/b18-15+/t22-,23?/m0/s1. The normalized spacial score (nSPS) is 13.7. The van der Waals surface area contributed by atoms with Gasteiger partial charge in [0.1, 0.15) is 11.5 Å². The molecule has 4 heteroatoms. The Labute approximate surface area is 180 Å². The summed E-state index contributed by atoms with van der Waals surface area (Å²) in [4.78, 5) is 27.0. The molecule has 0 aliphatic carbocycles. The second-order valence-corrected chi connectivity index (χ2v) is 9.13. The average molecular weight is 415 g/mol. The molecule has 1 unspecified atom stereocenters. The molecule has 0 aromatic heterocycles. The molecule has 0 radical (unpaired) electrons. The number of hydrogen-bond donors (Lipinski definition) is 0. The predicted molar refractivity (Wildman–Crippen MR) is 125 cm³/mol. The Balaban J connectivity index is 3.35. The molecule has 0 heterocycles. The summed E-state index contributed by atoms with van der Waals surface area (Å²) in [6.45, 7) is 17.4. The molecule has 0 aliphatic rings. The minimum absolute atomic E-state index is 0.00956. The predicted octanol–water partition coefficient (Wildman–Crippen LogP) is 6.95. The van der Waals surface area contributed by atoms with Crippen LogP contribution in [-0.2, 0) is 4.79 Å². The number of carbonyl (C=O) groups excluding carboxylic acids is 2. The number of ketones is 2.